The molecule has 0 fully saturated rings. The Morgan fingerprint density at radius 3 is 2.16 bits per heavy atom. The van der Waals surface area contributed by atoms with Crippen molar-refractivity contribution in [2.45, 2.75) is 58.8 Å². The molecule has 0 unspecified atom stereocenters. The Morgan fingerprint density at radius 1 is 1.00 bits per heavy atom. The van der Waals surface area contributed by atoms with E-state index in [1.165, 1.54) is 32.1 Å². The lowest BCUT2D eigenvalue weighted by atomic mass is 10.0. The van der Waals surface area contributed by atoms with E-state index < -0.39 is 11.9 Å². The van der Waals surface area contributed by atoms with Crippen LogP contribution in [-0.2, 0) is 14.3 Å². The smallest absolute Gasteiger partial charge is 0.331 e. The maximum atomic E-state index is 11.0. The molecule has 0 radical (unpaired) electrons. The molecule has 0 amide bonds. The molecular formula is C15H26O4. The molecule has 0 aliphatic heterocycles. The van der Waals surface area contributed by atoms with E-state index in [-0.39, 0.29) is 0 Å². The fraction of sp³-hybridized carbons (Fsp3) is 0.733. The minimum Gasteiger partial charge on any atom is -0.478 e. The van der Waals surface area contributed by atoms with Gasteiger partial charge in [0.1, 0.15) is 0 Å². The number of esters is 1. The van der Waals surface area contributed by atoms with Crippen molar-refractivity contribution in [3.05, 3.63) is 12.2 Å². The van der Waals surface area contributed by atoms with Gasteiger partial charge < -0.3 is 9.84 Å². The first-order valence-corrected chi connectivity index (χ1v) is 7.10. The van der Waals surface area contributed by atoms with Crippen molar-refractivity contribution in [2.75, 3.05) is 6.61 Å². The van der Waals surface area contributed by atoms with Crippen molar-refractivity contribution >= 4 is 11.9 Å². The number of rotatable bonds is 11. The van der Waals surface area contributed by atoms with Gasteiger partial charge in [-0.3, -0.25) is 0 Å². The first-order chi connectivity index (χ1) is 9.02. The zero-order valence-electron chi connectivity index (χ0n) is 12.1. The Kier molecular flexibility index (Phi) is 10.9. The van der Waals surface area contributed by atoms with Gasteiger partial charge in [0.25, 0.3) is 0 Å². The van der Waals surface area contributed by atoms with Gasteiger partial charge in [-0.25, -0.2) is 9.59 Å². The van der Waals surface area contributed by atoms with Crippen molar-refractivity contribution in [3.63, 3.8) is 0 Å². The summed E-state index contributed by atoms with van der Waals surface area (Å²) in [6.07, 6.45) is 9.90. The molecule has 0 aromatic heterocycles. The molecule has 0 saturated carbocycles. The average molecular weight is 270 g/mol. The Hall–Kier alpha value is -1.32. The fourth-order valence-corrected chi connectivity index (χ4v) is 1.72. The average Bonchev–Trinajstić information content (AvgIpc) is 2.34. The second-order valence-corrected chi connectivity index (χ2v) is 5.14. The summed E-state index contributed by atoms with van der Waals surface area (Å²) in [7, 11) is 0. The van der Waals surface area contributed by atoms with Gasteiger partial charge in [0.05, 0.1) is 6.61 Å². The molecule has 4 nitrogen and oxygen atoms in total. The van der Waals surface area contributed by atoms with Gasteiger partial charge in [-0.1, -0.05) is 52.4 Å². The fourth-order valence-electron chi connectivity index (χ4n) is 1.72. The summed E-state index contributed by atoms with van der Waals surface area (Å²) < 4.78 is 4.86. The maximum Gasteiger partial charge on any atom is 0.331 e. The number of unbranched alkanes of at least 4 members (excludes halogenated alkanes) is 5. The largest absolute Gasteiger partial charge is 0.478 e. The predicted octanol–water partition coefficient (Wildman–Crippen LogP) is 3.56. The van der Waals surface area contributed by atoms with E-state index in [0.29, 0.717) is 6.61 Å². The van der Waals surface area contributed by atoms with Gasteiger partial charge >= 0.3 is 11.9 Å². The van der Waals surface area contributed by atoms with Crippen LogP contribution in [-0.4, -0.2) is 23.7 Å². The summed E-state index contributed by atoms with van der Waals surface area (Å²) in [4.78, 5) is 21.2. The molecule has 0 aromatic carbocycles. The summed E-state index contributed by atoms with van der Waals surface area (Å²) in [5, 5.41) is 8.31. The number of carboxylic acid groups (broad SMARTS) is 1. The topological polar surface area (TPSA) is 63.6 Å². The van der Waals surface area contributed by atoms with Crippen LogP contribution in [0.25, 0.3) is 0 Å². The number of hydrogen-bond acceptors (Lipinski definition) is 3. The van der Waals surface area contributed by atoms with Crippen LogP contribution in [0.2, 0.25) is 0 Å². The number of carbonyl (C=O) groups is 2. The van der Waals surface area contributed by atoms with Crippen LogP contribution in [0.1, 0.15) is 58.8 Å². The van der Waals surface area contributed by atoms with Gasteiger partial charge in [-0.15, -0.1) is 0 Å². The molecule has 0 heterocycles. The van der Waals surface area contributed by atoms with E-state index in [1.54, 1.807) is 0 Å². The van der Waals surface area contributed by atoms with E-state index in [0.717, 1.165) is 30.9 Å². The summed E-state index contributed by atoms with van der Waals surface area (Å²) in [6.45, 7) is 4.86. The zero-order valence-corrected chi connectivity index (χ0v) is 12.1. The molecule has 0 atom stereocenters. The van der Waals surface area contributed by atoms with Crippen molar-refractivity contribution in [2.24, 2.45) is 5.92 Å². The highest BCUT2D eigenvalue weighted by Crippen LogP contribution is 2.11. The molecule has 0 bridgehead atoms. The van der Waals surface area contributed by atoms with E-state index in [2.05, 4.69) is 13.8 Å². The number of carbonyl (C=O) groups excluding carboxylic acids is 1. The lowest BCUT2D eigenvalue weighted by molar-refractivity contribution is -0.138. The standard InChI is InChI=1S/C15H26O4/c1-13(2)9-7-5-3-4-6-8-12-19-15(18)11-10-14(16)17/h10-11,13H,3-9,12H2,1-2H3,(H,16,17)/b11-10+. The minimum absolute atomic E-state index is 0.370. The summed E-state index contributed by atoms with van der Waals surface area (Å²) in [6, 6.07) is 0. The number of aliphatic carboxylic acids is 1. The third kappa shape index (κ3) is 14.6. The third-order valence-corrected chi connectivity index (χ3v) is 2.78. The van der Waals surface area contributed by atoms with Crippen LogP contribution in [0.4, 0.5) is 0 Å². The molecule has 110 valence electrons. The SMILES string of the molecule is CC(C)CCCCCCCCOC(=O)/C=C/C(=O)O. The quantitative estimate of drug-likeness (QED) is 0.354. The van der Waals surface area contributed by atoms with E-state index in [4.69, 9.17) is 9.84 Å². The highest BCUT2D eigenvalue weighted by atomic mass is 16.5. The van der Waals surface area contributed by atoms with Crippen LogP contribution in [0, 0.1) is 5.92 Å². The number of hydrogen-bond donors (Lipinski definition) is 1. The summed E-state index contributed by atoms with van der Waals surface area (Å²) in [5.41, 5.74) is 0. The monoisotopic (exact) mass is 270 g/mol. The number of ether oxygens (including phenoxy) is 1. The Morgan fingerprint density at radius 2 is 1.58 bits per heavy atom. The minimum atomic E-state index is -1.14. The summed E-state index contributed by atoms with van der Waals surface area (Å²) >= 11 is 0. The first kappa shape index (κ1) is 17.7. The van der Waals surface area contributed by atoms with Crippen molar-refractivity contribution < 1.29 is 19.4 Å². The molecule has 4 heteroatoms. The molecule has 0 saturated heterocycles. The molecule has 0 aliphatic carbocycles. The normalized spacial score (nSPS) is 11.1. The van der Waals surface area contributed by atoms with Crippen LogP contribution in [0.5, 0.6) is 0 Å². The molecule has 0 rings (SSSR count). The van der Waals surface area contributed by atoms with Gasteiger partial charge in [0.15, 0.2) is 0 Å². The second kappa shape index (κ2) is 11.8. The predicted molar refractivity (Wildman–Crippen MR) is 74.9 cm³/mol. The highest BCUT2D eigenvalue weighted by molar-refractivity contribution is 5.90. The van der Waals surface area contributed by atoms with E-state index in [1.807, 2.05) is 0 Å². The van der Waals surface area contributed by atoms with E-state index in [9.17, 15) is 9.59 Å². The zero-order chi connectivity index (χ0) is 14.5. The van der Waals surface area contributed by atoms with Gasteiger partial charge in [-0.2, -0.15) is 0 Å². The number of carboxylic acids is 1. The molecule has 0 aromatic rings. The first-order valence-electron chi connectivity index (χ1n) is 7.10. The highest BCUT2D eigenvalue weighted by Gasteiger charge is 1.98. The van der Waals surface area contributed by atoms with Crippen LogP contribution < -0.4 is 0 Å². The molecule has 0 aliphatic rings. The van der Waals surface area contributed by atoms with Gasteiger partial charge in [0.2, 0.25) is 0 Å². The lowest BCUT2D eigenvalue weighted by Gasteiger charge is -2.04. The Labute approximate surface area is 115 Å². The van der Waals surface area contributed by atoms with Crippen LogP contribution in [0.3, 0.4) is 0 Å². The van der Waals surface area contributed by atoms with Crippen molar-refractivity contribution in [3.8, 4) is 0 Å². The van der Waals surface area contributed by atoms with Gasteiger partial charge in [0, 0.05) is 12.2 Å². The molecular weight excluding hydrogens is 244 g/mol. The van der Waals surface area contributed by atoms with Crippen molar-refractivity contribution in [1.82, 2.24) is 0 Å². The van der Waals surface area contributed by atoms with Gasteiger partial charge in [-0.05, 0) is 12.3 Å². The molecule has 0 spiro atoms. The van der Waals surface area contributed by atoms with Crippen LogP contribution >= 0.6 is 0 Å². The van der Waals surface area contributed by atoms with E-state index >= 15 is 0 Å². The Bertz CT molecular complexity index is 282. The summed E-state index contributed by atoms with van der Waals surface area (Å²) in [5.74, 6) is -0.934. The third-order valence-electron chi connectivity index (χ3n) is 2.78. The molecule has 19 heavy (non-hydrogen) atoms. The van der Waals surface area contributed by atoms with Crippen molar-refractivity contribution in [1.29, 1.82) is 0 Å². The lowest BCUT2D eigenvalue weighted by Crippen LogP contribution is -2.03. The second-order valence-electron chi connectivity index (χ2n) is 5.14. The molecule has 1 N–H and O–H groups in total. The Balaban J connectivity index is 3.27. The van der Waals surface area contributed by atoms with Crippen LogP contribution in [0.15, 0.2) is 12.2 Å². The maximum absolute atomic E-state index is 11.0.